The molecule has 2 heterocycles. The molecule has 1 atom stereocenters. The standard InChI is InChI=1S/C16H32N2.ClH/c1-16(2,3)15-5-4-11-18(12-8-15)13-14-6-9-17-10-7-14;/h14-15,17H,4-13H2,1-3H3;1H. The first kappa shape index (κ1) is 17.3. The molecular formula is C16H33ClN2. The smallest absolute Gasteiger partial charge is 0.00106 e. The van der Waals surface area contributed by atoms with Crippen molar-refractivity contribution < 1.29 is 0 Å². The van der Waals surface area contributed by atoms with Gasteiger partial charge in [0.25, 0.3) is 0 Å². The van der Waals surface area contributed by atoms with E-state index in [1.54, 1.807) is 0 Å². The molecule has 0 aromatic heterocycles. The maximum atomic E-state index is 3.47. The van der Waals surface area contributed by atoms with Gasteiger partial charge < -0.3 is 10.2 Å². The van der Waals surface area contributed by atoms with Gasteiger partial charge in [-0.05, 0) is 75.5 Å². The van der Waals surface area contributed by atoms with Crippen LogP contribution in [0.15, 0.2) is 0 Å². The van der Waals surface area contributed by atoms with Gasteiger partial charge >= 0.3 is 0 Å². The number of halogens is 1. The fourth-order valence-electron chi connectivity index (χ4n) is 3.63. The molecule has 3 heteroatoms. The van der Waals surface area contributed by atoms with Crippen molar-refractivity contribution >= 4 is 12.4 Å². The summed E-state index contributed by atoms with van der Waals surface area (Å²) < 4.78 is 0. The van der Waals surface area contributed by atoms with Crippen molar-refractivity contribution in [2.24, 2.45) is 17.3 Å². The van der Waals surface area contributed by atoms with E-state index in [0.29, 0.717) is 5.41 Å². The lowest BCUT2D eigenvalue weighted by Crippen LogP contribution is -2.36. The van der Waals surface area contributed by atoms with Crippen LogP contribution >= 0.6 is 12.4 Å². The number of hydrogen-bond donors (Lipinski definition) is 1. The fraction of sp³-hybridized carbons (Fsp3) is 1.00. The highest BCUT2D eigenvalue weighted by Crippen LogP contribution is 2.34. The van der Waals surface area contributed by atoms with Gasteiger partial charge in [0.1, 0.15) is 0 Å². The Balaban J connectivity index is 0.00000180. The second kappa shape index (κ2) is 7.85. The summed E-state index contributed by atoms with van der Waals surface area (Å²) in [5.74, 6) is 1.88. The zero-order valence-corrected chi connectivity index (χ0v) is 13.9. The van der Waals surface area contributed by atoms with Crippen LogP contribution in [0.2, 0.25) is 0 Å². The number of rotatable bonds is 2. The number of hydrogen-bond acceptors (Lipinski definition) is 2. The fourth-order valence-corrected chi connectivity index (χ4v) is 3.63. The zero-order chi connectivity index (χ0) is 13.0. The van der Waals surface area contributed by atoms with Gasteiger partial charge in [-0.2, -0.15) is 0 Å². The summed E-state index contributed by atoms with van der Waals surface area (Å²) >= 11 is 0. The molecule has 0 bridgehead atoms. The van der Waals surface area contributed by atoms with Gasteiger partial charge in [-0.15, -0.1) is 12.4 Å². The van der Waals surface area contributed by atoms with Gasteiger partial charge in [-0.3, -0.25) is 0 Å². The molecule has 0 spiro atoms. The normalized spacial score (nSPS) is 27.6. The predicted octanol–water partition coefficient (Wildman–Crippen LogP) is 3.56. The molecule has 2 aliphatic rings. The summed E-state index contributed by atoms with van der Waals surface area (Å²) in [7, 11) is 0. The van der Waals surface area contributed by atoms with E-state index in [0.717, 1.165) is 11.8 Å². The topological polar surface area (TPSA) is 15.3 Å². The summed E-state index contributed by atoms with van der Waals surface area (Å²) in [6.45, 7) is 13.8. The lowest BCUT2D eigenvalue weighted by Gasteiger charge is -2.31. The van der Waals surface area contributed by atoms with Gasteiger partial charge in [-0.25, -0.2) is 0 Å². The van der Waals surface area contributed by atoms with Crippen molar-refractivity contribution in [1.29, 1.82) is 0 Å². The van der Waals surface area contributed by atoms with Crippen molar-refractivity contribution in [2.45, 2.75) is 52.9 Å². The second-order valence-electron chi connectivity index (χ2n) is 7.49. The average Bonchev–Trinajstić information content (AvgIpc) is 2.55. The minimum absolute atomic E-state index is 0. The summed E-state index contributed by atoms with van der Waals surface area (Å²) in [5.41, 5.74) is 0.505. The van der Waals surface area contributed by atoms with Crippen LogP contribution in [0, 0.1) is 17.3 Å². The molecule has 19 heavy (non-hydrogen) atoms. The van der Waals surface area contributed by atoms with E-state index in [-0.39, 0.29) is 12.4 Å². The van der Waals surface area contributed by atoms with Gasteiger partial charge in [-0.1, -0.05) is 20.8 Å². The minimum Gasteiger partial charge on any atom is -0.317 e. The van der Waals surface area contributed by atoms with E-state index in [2.05, 4.69) is 31.0 Å². The van der Waals surface area contributed by atoms with Crippen LogP contribution in [0.1, 0.15) is 52.9 Å². The average molecular weight is 289 g/mol. The molecule has 1 unspecified atom stereocenters. The summed E-state index contributed by atoms with van der Waals surface area (Å²) in [4.78, 5) is 2.75. The molecule has 2 rings (SSSR count). The molecular weight excluding hydrogens is 256 g/mol. The Kier molecular flexibility index (Phi) is 7.13. The summed E-state index contributed by atoms with van der Waals surface area (Å²) in [6.07, 6.45) is 7.03. The number of likely N-dealkylation sites (tertiary alicyclic amines) is 1. The monoisotopic (exact) mass is 288 g/mol. The van der Waals surface area contributed by atoms with Crippen LogP contribution in [0.25, 0.3) is 0 Å². The Morgan fingerprint density at radius 3 is 2.32 bits per heavy atom. The van der Waals surface area contributed by atoms with E-state index < -0.39 is 0 Å². The predicted molar refractivity (Wildman–Crippen MR) is 86.1 cm³/mol. The molecule has 0 aromatic rings. The molecule has 2 aliphatic heterocycles. The second-order valence-corrected chi connectivity index (χ2v) is 7.49. The Labute approximate surface area is 126 Å². The van der Waals surface area contributed by atoms with Crippen LogP contribution < -0.4 is 5.32 Å². The van der Waals surface area contributed by atoms with Gasteiger partial charge in [0.05, 0.1) is 0 Å². The molecule has 1 N–H and O–H groups in total. The van der Waals surface area contributed by atoms with Crippen LogP contribution in [-0.2, 0) is 0 Å². The van der Waals surface area contributed by atoms with Crippen molar-refractivity contribution in [1.82, 2.24) is 10.2 Å². The van der Waals surface area contributed by atoms with E-state index >= 15 is 0 Å². The van der Waals surface area contributed by atoms with E-state index in [9.17, 15) is 0 Å². The Bertz CT molecular complexity index is 244. The van der Waals surface area contributed by atoms with Crippen LogP contribution in [0.3, 0.4) is 0 Å². The number of piperidine rings is 1. The molecule has 0 amide bonds. The Morgan fingerprint density at radius 2 is 1.68 bits per heavy atom. The summed E-state index contributed by atoms with van der Waals surface area (Å²) in [5, 5.41) is 3.47. The highest BCUT2D eigenvalue weighted by molar-refractivity contribution is 5.85. The van der Waals surface area contributed by atoms with E-state index in [1.807, 2.05) is 0 Å². The van der Waals surface area contributed by atoms with Crippen molar-refractivity contribution in [2.75, 3.05) is 32.7 Å². The Morgan fingerprint density at radius 1 is 1.00 bits per heavy atom. The highest BCUT2D eigenvalue weighted by atomic mass is 35.5. The van der Waals surface area contributed by atoms with Gasteiger partial charge in [0, 0.05) is 6.54 Å². The molecule has 0 aliphatic carbocycles. The molecule has 0 saturated carbocycles. The minimum atomic E-state index is 0. The van der Waals surface area contributed by atoms with Crippen LogP contribution in [0.5, 0.6) is 0 Å². The lowest BCUT2D eigenvalue weighted by atomic mass is 9.77. The molecule has 2 nitrogen and oxygen atoms in total. The third kappa shape index (κ3) is 5.61. The maximum absolute atomic E-state index is 3.47. The first-order valence-corrected chi connectivity index (χ1v) is 7.99. The van der Waals surface area contributed by atoms with Crippen LogP contribution in [0.4, 0.5) is 0 Å². The van der Waals surface area contributed by atoms with Gasteiger partial charge in [0.2, 0.25) is 0 Å². The third-order valence-corrected chi connectivity index (χ3v) is 5.02. The molecule has 2 saturated heterocycles. The van der Waals surface area contributed by atoms with Crippen LogP contribution in [-0.4, -0.2) is 37.6 Å². The quantitative estimate of drug-likeness (QED) is 0.836. The largest absolute Gasteiger partial charge is 0.317 e. The van der Waals surface area contributed by atoms with Gasteiger partial charge in [0.15, 0.2) is 0 Å². The molecule has 0 radical (unpaired) electrons. The SMILES string of the molecule is CC(C)(C)C1CCCN(CC2CCNCC2)CC1.Cl. The molecule has 114 valence electrons. The summed E-state index contributed by atoms with van der Waals surface area (Å²) in [6, 6.07) is 0. The van der Waals surface area contributed by atoms with E-state index in [1.165, 1.54) is 64.8 Å². The van der Waals surface area contributed by atoms with Crippen molar-refractivity contribution in [3.8, 4) is 0 Å². The molecule has 2 fully saturated rings. The van der Waals surface area contributed by atoms with E-state index in [4.69, 9.17) is 0 Å². The number of nitrogens with one attached hydrogen (secondary N) is 1. The zero-order valence-electron chi connectivity index (χ0n) is 13.1. The maximum Gasteiger partial charge on any atom is 0.00106 e. The molecule has 0 aromatic carbocycles. The van der Waals surface area contributed by atoms with Crippen molar-refractivity contribution in [3.63, 3.8) is 0 Å². The first-order valence-electron chi connectivity index (χ1n) is 7.99. The number of nitrogens with zero attached hydrogens (tertiary/aromatic N) is 1. The highest BCUT2D eigenvalue weighted by Gasteiger charge is 2.27. The lowest BCUT2D eigenvalue weighted by molar-refractivity contribution is 0.189. The third-order valence-electron chi connectivity index (χ3n) is 5.02. The Hall–Kier alpha value is 0.210. The van der Waals surface area contributed by atoms with Crippen molar-refractivity contribution in [3.05, 3.63) is 0 Å². The first-order chi connectivity index (χ1) is 8.55.